The molecule has 1 aliphatic rings. The minimum absolute atomic E-state index is 0.0179. The maximum Gasteiger partial charge on any atom is 0.256 e. The van der Waals surface area contributed by atoms with Crippen molar-refractivity contribution < 1.29 is 9.53 Å². The zero-order valence-electron chi connectivity index (χ0n) is 15.5. The van der Waals surface area contributed by atoms with Crippen molar-refractivity contribution >= 4 is 16.8 Å². The van der Waals surface area contributed by atoms with Crippen molar-refractivity contribution in [3.8, 4) is 0 Å². The quantitative estimate of drug-likeness (QED) is 0.725. The Kier molecular flexibility index (Phi) is 4.28. The third kappa shape index (κ3) is 2.70. The van der Waals surface area contributed by atoms with Crippen LogP contribution in [0.2, 0.25) is 0 Å². The molecule has 4 rings (SSSR count). The number of nitrogens with zero attached hydrogens (tertiary/aromatic N) is 4. The normalized spacial score (nSPS) is 16.9. The second-order valence-electron chi connectivity index (χ2n) is 6.87. The lowest BCUT2D eigenvalue weighted by Gasteiger charge is -2.35. The number of benzene rings is 1. The van der Waals surface area contributed by atoms with Gasteiger partial charge in [0.25, 0.3) is 5.91 Å². The highest BCUT2D eigenvalue weighted by molar-refractivity contribution is 6.07. The Bertz CT molecular complexity index is 956. The summed E-state index contributed by atoms with van der Waals surface area (Å²) in [5.41, 5.74) is 3.97. The van der Waals surface area contributed by atoms with E-state index in [1.54, 1.807) is 0 Å². The maximum absolute atomic E-state index is 13.4. The van der Waals surface area contributed by atoms with Crippen molar-refractivity contribution in [2.75, 3.05) is 13.2 Å². The van der Waals surface area contributed by atoms with Gasteiger partial charge in [-0.15, -0.1) is 0 Å². The SMILES string of the molecule is CCOC[C@H]1Cc2c(ncn2C)CN1C(=O)c1cn(C)c2ccccc12. The van der Waals surface area contributed by atoms with Gasteiger partial charge in [0.1, 0.15) is 0 Å². The molecular formula is C20H24N4O2. The van der Waals surface area contributed by atoms with Gasteiger partial charge in [0, 0.05) is 49.9 Å². The Labute approximate surface area is 153 Å². The van der Waals surface area contributed by atoms with E-state index in [4.69, 9.17) is 4.74 Å². The average Bonchev–Trinajstić information content (AvgIpc) is 3.19. The summed E-state index contributed by atoms with van der Waals surface area (Å²) in [7, 11) is 3.98. The van der Waals surface area contributed by atoms with Gasteiger partial charge in [-0.1, -0.05) is 18.2 Å². The predicted molar refractivity (Wildman–Crippen MR) is 100.0 cm³/mol. The Morgan fingerprint density at radius 2 is 2.08 bits per heavy atom. The van der Waals surface area contributed by atoms with Crippen LogP contribution in [0, 0.1) is 0 Å². The third-order valence-corrected chi connectivity index (χ3v) is 5.24. The van der Waals surface area contributed by atoms with E-state index in [1.807, 2.05) is 71.8 Å². The first-order valence-corrected chi connectivity index (χ1v) is 9.02. The van der Waals surface area contributed by atoms with Crippen molar-refractivity contribution in [2.24, 2.45) is 14.1 Å². The van der Waals surface area contributed by atoms with E-state index < -0.39 is 0 Å². The maximum atomic E-state index is 13.4. The van der Waals surface area contributed by atoms with E-state index >= 15 is 0 Å². The lowest BCUT2D eigenvalue weighted by atomic mass is 10.0. The van der Waals surface area contributed by atoms with E-state index in [0.29, 0.717) is 19.8 Å². The first-order valence-electron chi connectivity index (χ1n) is 9.02. The number of carbonyl (C=O) groups excluding carboxylic acids is 1. The third-order valence-electron chi connectivity index (χ3n) is 5.24. The van der Waals surface area contributed by atoms with Crippen molar-refractivity contribution in [3.05, 3.63) is 53.7 Å². The number of carbonyl (C=O) groups is 1. The van der Waals surface area contributed by atoms with Crippen LogP contribution in [0.25, 0.3) is 10.9 Å². The van der Waals surface area contributed by atoms with Gasteiger partial charge in [-0.2, -0.15) is 0 Å². The fraction of sp³-hybridized carbons (Fsp3) is 0.400. The van der Waals surface area contributed by atoms with Crippen LogP contribution in [0.5, 0.6) is 0 Å². The fourth-order valence-corrected chi connectivity index (χ4v) is 3.83. The van der Waals surface area contributed by atoms with Gasteiger partial charge in [-0.3, -0.25) is 4.79 Å². The van der Waals surface area contributed by atoms with Gasteiger partial charge in [-0.05, 0) is 13.0 Å². The van der Waals surface area contributed by atoms with Gasteiger partial charge in [-0.25, -0.2) is 4.98 Å². The Balaban J connectivity index is 1.72. The smallest absolute Gasteiger partial charge is 0.256 e. The Morgan fingerprint density at radius 1 is 1.27 bits per heavy atom. The van der Waals surface area contributed by atoms with E-state index in [9.17, 15) is 4.79 Å². The number of ether oxygens (including phenoxy) is 1. The molecule has 1 aromatic carbocycles. The van der Waals surface area contributed by atoms with Crippen LogP contribution < -0.4 is 0 Å². The zero-order chi connectivity index (χ0) is 18.3. The van der Waals surface area contributed by atoms with E-state index in [1.165, 1.54) is 5.69 Å². The Hall–Kier alpha value is -2.60. The summed E-state index contributed by atoms with van der Waals surface area (Å²) in [6.07, 6.45) is 4.52. The number of amides is 1. The largest absolute Gasteiger partial charge is 0.380 e. The van der Waals surface area contributed by atoms with Crippen molar-refractivity contribution in [2.45, 2.75) is 25.9 Å². The van der Waals surface area contributed by atoms with Gasteiger partial charge in [0.2, 0.25) is 0 Å². The molecule has 0 unspecified atom stereocenters. The molecule has 2 aromatic heterocycles. The summed E-state index contributed by atoms with van der Waals surface area (Å²) in [5, 5.41) is 0.988. The van der Waals surface area contributed by atoms with Gasteiger partial charge in [0.15, 0.2) is 0 Å². The van der Waals surface area contributed by atoms with Crippen molar-refractivity contribution in [3.63, 3.8) is 0 Å². The van der Waals surface area contributed by atoms with E-state index in [-0.39, 0.29) is 11.9 Å². The molecule has 0 N–H and O–H groups in total. The highest BCUT2D eigenvalue weighted by Crippen LogP contribution is 2.27. The number of imidazole rings is 1. The van der Waals surface area contributed by atoms with Crippen LogP contribution in [0.15, 0.2) is 36.8 Å². The van der Waals surface area contributed by atoms with E-state index in [2.05, 4.69) is 4.98 Å². The van der Waals surface area contributed by atoms with E-state index in [0.717, 1.165) is 28.6 Å². The zero-order valence-corrected chi connectivity index (χ0v) is 15.5. The van der Waals surface area contributed by atoms with Crippen LogP contribution in [0.4, 0.5) is 0 Å². The van der Waals surface area contributed by atoms with Crippen LogP contribution in [0.1, 0.15) is 28.7 Å². The fourth-order valence-electron chi connectivity index (χ4n) is 3.83. The van der Waals surface area contributed by atoms with Crippen LogP contribution in [-0.2, 0) is 31.8 Å². The monoisotopic (exact) mass is 352 g/mol. The number of aryl methyl sites for hydroxylation is 2. The summed E-state index contributed by atoms with van der Waals surface area (Å²) in [5.74, 6) is 0.0443. The van der Waals surface area contributed by atoms with Crippen molar-refractivity contribution in [1.82, 2.24) is 19.0 Å². The summed E-state index contributed by atoms with van der Waals surface area (Å²) >= 11 is 0. The molecule has 0 spiro atoms. The summed E-state index contributed by atoms with van der Waals surface area (Å²) < 4.78 is 9.74. The van der Waals surface area contributed by atoms with Crippen LogP contribution in [0.3, 0.4) is 0 Å². The first-order chi connectivity index (χ1) is 12.6. The van der Waals surface area contributed by atoms with Gasteiger partial charge < -0.3 is 18.8 Å². The molecule has 3 heterocycles. The topological polar surface area (TPSA) is 52.3 Å². The van der Waals surface area contributed by atoms with Gasteiger partial charge in [0.05, 0.1) is 36.8 Å². The number of hydrogen-bond donors (Lipinski definition) is 0. The molecule has 1 aliphatic heterocycles. The highest BCUT2D eigenvalue weighted by Gasteiger charge is 2.33. The summed E-state index contributed by atoms with van der Waals surface area (Å²) in [6.45, 7) is 3.69. The molecule has 6 heteroatoms. The van der Waals surface area contributed by atoms with Crippen LogP contribution >= 0.6 is 0 Å². The summed E-state index contributed by atoms with van der Waals surface area (Å²) in [4.78, 5) is 19.9. The molecular weight excluding hydrogens is 328 g/mol. The number of hydrogen-bond acceptors (Lipinski definition) is 3. The first kappa shape index (κ1) is 16.8. The second kappa shape index (κ2) is 6.61. The molecule has 26 heavy (non-hydrogen) atoms. The lowest BCUT2D eigenvalue weighted by molar-refractivity contribution is 0.0388. The molecule has 0 saturated heterocycles. The molecule has 0 aliphatic carbocycles. The minimum Gasteiger partial charge on any atom is -0.380 e. The number of para-hydroxylation sites is 1. The molecule has 1 atom stereocenters. The molecule has 0 radical (unpaired) electrons. The molecule has 136 valence electrons. The molecule has 1 amide bonds. The molecule has 3 aromatic rings. The van der Waals surface area contributed by atoms with Crippen LogP contribution in [-0.4, -0.2) is 44.2 Å². The lowest BCUT2D eigenvalue weighted by Crippen LogP contribution is -2.47. The number of fused-ring (bicyclic) bond motifs is 2. The average molecular weight is 352 g/mol. The van der Waals surface area contributed by atoms with Crippen molar-refractivity contribution in [1.29, 1.82) is 0 Å². The summed E-state index contributed by atoms with van der Waals surface area (Å²) in [6, 6.07) is 8.04. The van der Waals surface area contributed by atoms with Gasteiger partial charge >= 0.3 is 0 Å². The molecule has 0 bridgehead atoms. The minimum atomic E-state index is 0.0179. The highest BCUT2D eigenvalue weighted by atomic mass is 16.5. The standard InChI is InChI=1S/C20H24N4O2/c1-4-26-12-14-9-19-17(21-13-23(19)3)11-24(14)20(25)16-10-22(2)18-8-6-5-7-15(16)18/h5-8,10,13-14H,4,9,11-12H2,1-3H3/t14-/m1/s1. The molecule has 0 saturated carbocycles. The molecule has 6 nitrogen and oxygen atoms in total. The Morgan fingerprint density at radius 3 is 2.88 bits per heavy atom. The number of rotatable bonds is 4. The second-order valence-corrected chi connectivity index (χ2v) is 6.87. The molecule has 0 fully saturated rings. The number of aromatic nitrogens is 3. The predicted octanol–water partition coefficient (Wildman–Crippen LogP) is 2.52.